The van der Waals surface area contributed by atoms with Gasteiger partial charge in [0.05, 0.1) is 59.5 Å². The van der Waals surface area contributed by atoms with Crippen LogP contribution in [0.1, 0.15) is 38.9 Å². The molecule has 2 saturated heterocycles. The molecule has 0 bridgehead atoms. The summed E-state index contributed by atoms with van der Waals surface area (Å²) in [5, 5.41) is 1.84. The summed E-state index contributed by atoms with van der Waals surface area (Å²) in [6.45, 7) is 1.80. The third kappa shape index (κ3) is 16.3. The highest BCUT2D eigenvalue weighted by Crippen LogP contribution is 2.35. The Morgan fingerprint density at radius 2 is 0.592 bits per heavy atom. The molecular formula is C62H63Cl3O11. The van der Waals surface area contributed by atoms with Crippen molar-refractivity contribution in [2.75, 3.05) is 20.3 Å². The summed E-state index contributed by atoms with van der Waals surface area (Å²) in [5.74, 6) is 0. The zero-order chi connectivity index (χ0) is 52.3. The number of methoxy groups -OCH3 is 1. The zero-order valence-electron chi connectivity index (χ0n) is 42.2. The second-order valence-electron chi connectivity index (χ2n) is 18.6. The molecule has 10 atom stereocenters. The van der Waals surface area contributed by atoms with Gasteiger partial charge in [0.15, 0.2) is 12.6 Å². The van der Waals surface area contributed by atoms with E-state index < -0.39 is 61.4 Å². The van der Waals surface area contributed by atoms with Gasteiger partial charge in [0.25, 0.3) is 0 Å². The van der Waals surface area contributed by atoms with Gasteiger partial charge in [-0.1, -0.05) is 193 Å². The summed E-state index contributed by atoms with van der Waals surface area (Å²) in [4.78, 5) is 0. The molecule has 398 valence electrons. The summed E-state index contributed by atoms with van der Waals surface area (Å²) in [7, 11) is 1.58. The monoisotopic (exact) mass is 1090 g/mol. The molecule has 0 radical (unpaired) electrons. The van der Waals surface area contributed by atoms with Crippen molar-refractivity contribution in [1.29, 1.82) is 0 Å². The van der Waals surface area contributed by atoms with Crippen LogP contribution in [0.4, 0.5) is 0 Å². The summed E-state index contributed by atoms with van der Waals surface area (Å²) in [6, 6.07) is 62.5. The Bertz CT molecular complexity index is 2730. The molecule has 0 amide bonds. The minimum atomic E-state index is -1.04. The molecule has 0 N–H and O–H groups in total. The van der Waals surface area contributed by atoms with Crippen molar-refractivity contribution in [2.45, 2.75) is 108 Å². The van der Waals surface area contributed by atoms with Crippen LogP contribution in [0.15, 0.2) is 194 Å². The fraction of sp³-hybridized carbons (Fsp3) is 0.323. The predicted molar refractivity (Wildman–Crippen MR) is 292 cm³/mol. The van der Waals surface area contributed by atoms with Gasteiger partial charge in [0, 0.05) is 22.2 Å². The summed E-state index contributed by atoms with van der Waals surface area (Å²) in [6.07, 6.45) is -8.06. The van der Waals surface area contributed by atoms with Crippen LogP contribution in [-0.2, 0) is 98.4 Å². The van der Waals surface area contributed by atoms with E-state index in [4.69, 9.17) is 86.9 Å². The number of hydrogen-bond donors (Lipinski definition) is 0. The van der Waals surface area contributed by atoms with E-state index in [9.17, 15) is 0 Å². The van der Waals surface area contributed by atoms with Crippen LogP contribution in [0, 0.1) is 0 Å². The highest BCUT2D eigenvalue weighted by atomic mass is 35.5. The molecule has 7 aromatic carbocycles. The van der Waals surface area contributed by atoms with E-state index in [2.05, 4.69) is 0 Å². The van der Waals surface area contributed by atoms with Crippen LogP contribution in [-0.4, -0.2) is 81.7 Å². The summed E-state index contributed by atoms with van der Waals surface area (Å²) in [5.41, 5.74) is 6.62. The molecule has 2 aliphatic heterocycles. The Morgan fingerprint density at radius 1 is 0.303 bits per heavy atom. The molecule has 2 fully saturated rings. The van der Waals surface area contributed by atoms with Crippen LogP contribution >= 0.6 is 34.8 Å². The lowest BCUT2D eigenvalue weighted by atomic mass is 9.96. The molecular weight excluding hydrogens is 1030 g/mol. The molecule has 1 unspecified atom stereocenters. The van der Waals surface area contributed by atoms with Gasteiger partial charge in [0.1, 0.15) is 48.8 Å². The lowest BCUT2D eigenvalue weighted by molar-refractivity contribution is -0.351. The molecule has 2 aliphatic rings. The quantitative estimate of drug-likeness (QED) is 0.0518. The van der Waals surface area contributed by atoms with Crippen molar-refractivity contribution >= 4 is 34.8 Å². The second kappa shape index (κ2) is 29.1. The van der Waals surface area contributed by atoms with Gasteiger partial charge in [-0.05, 0) is 75.3 Å². The topological polar surface area (TPSA) is 102 Å². The minimum absolute atomic E-state index is 0.0652. The number of rotatable bonds is 26. The molecule has 76 heavy (non-hydrogen) atoms. The number of halogens is 3. The van der Waals surface area contributed by atoms with Crippen molar-refractivity contribution in [3.05, 3.63) is 248 Å². The average molecular weight is 1090 g/mol. The van der Waals surface area contributed by atoms with Gasteiger partial charge in [-0.3, -0.25) is 0 Å². The first-order chi connectivity index (χ1) is 37.3. The van der Waals surface area contributed by atoms with Gasteiger partial charge in [-0.2, -0.15) is 0 Å². The summed E-state index contributed by atoms with van der Waals surface area (Å²) >= 11 is 18.9. The number of benzene rings is 7. The molecule has 0 aliphatic carbocycles. The van der Waals surface area contributed by atoms with Gasteiger partial charge in [-0.15, -0.1) is 0 Å². The second-order valence-corrected chi connectivity index (χ2v) is 20.0. The number of hydrogen-bond acceptors (Lipinski definition) is 11. The van der Waals surface area contributed by atoms with Gasteiger partial charge in [-0.25, -0.2) is 0 Å². The third-order valence-electron chi connectivity index (χ3n) is 13.2. The Morgan fingerprint density at radius 3 is 0.961 bits per heavy atom. The molecule has 0 saturated carbocycles. The average Bonchev–Trinajstić information content (AvgIpc) is 3.48. The molecule has 7 aromatic rings. The first-order valence-corrected chi connectivity index (χ1v) is 26.6. The van der Waals surface area contributed by atoms with Crippen LogP contribution in [0.5, 0.6) is 0 Å². The fourth-order valence-electron chi connectivity index (χ4n) is 9.16. The van der Waals surface area contributed by atoms with Gasteiger partial charge >= 0.3 is 0 Å². The van der Waals surface area contributed by atoms with E-state index >= 15 is 0 Å². The standard InChI is InChI=1S/C62H63Cl3O11/c1-66-61-59(72-40-49-26-32-52(65)33-27-49)57(71-39-48-24-30-51(64)31-25-48)56(69-38-47-22-28-50(63)29-23-47)54(75-61)42-74-62-60(73-37-46-20-12-5-13-21-46)58(70-36-45-18-10-4-11-19-45)55(68-35-44-16-8-3-9-17-44)53(76-62)41-67-34-43-14-6-2-7-15-43/h2-33,53-62H,34-42H2,1H3/t53-,54-,55+,56-,57+,58+,59-,60-,61+,62?/m1/s1. The van der Waals surface area contributed by atoms with E-state index in [0.717, 1.165) is 38.9 Å². The Kier molecular flexibility index (Phi) is 21.3. The van der Waals surface area contributed by atoms with Crippen LogP contribution < -0.4 is 0 Å². The van der Waals surface area contributed by atoms with Crippen LogP contribution in [0.25, 0.3) is 0 Å². The first kappa shape index (κ1) is 55.7. The Balaban J connectivity index is 1.06. The van der Waals surface area contributed by atoms with E-state index in [1.165, 1.54) is 0 Å². The van der Waals surface area contributed by atoms with Crippen molar-refractivity contribution in [3.8, 4) is 0 Å². The molecule has 0 aromatic heterocycles. The van der Waals surface area contributed by atoms with Crippen LogP contribution in [0.2, 0.25) is 15.1 Å². The zero-order valence-corrected chi connectivity index (χ0v) is 44.5. The smallest absolute Gasteiger partial charge is 0.187 e. The van der Waals surface area contributed by atoms with Crippen molar-refractivity contribution in [2.24, 2.45) is 0 Å². The van der Waals surface area contributed by atoms with E-state index in [1.807, 2.05) is 194 Å². The highest BCUT2D eigenvalue weighted by molar-refractivity contribution is 6.31. The largest absolute Gasteiger partial charge is 0.374 e. The SMILES string of the molecule is CO[C@H]1O[C@H](COC2O[C@H](COCc3ccccc3)[C@H](OCc3ccccc3)[C@H](OCc3ccccc3)[C@H]2OCc2ccccc2)[C@@H](OCc2ccc(Cl)cc2)[C@H](OCc2ccc(Cl)cc2)[C@H]1OCc1ccc(Cl)cc1. The maximum absolute atomic E-state index is 7.09. The fourth-order valence-corrected chi connectivity index (χ4v) is 9.54. The summed E-state index contributed by atoms with van der Waals surface area (Å²) < 4.78 is 75.1. The lowest BCUT2D eigenvalue weighted by Crippen LogP contribution is -2.64. The van der Waals surface area contributed by atoms with E-state index in [1.54, 1.807) is 7.11 Å². The molecule has 14 heteroatoms. The van der Waals surface area contributed by atoms with E-state index in [0.29, 0.717) is 21.7 Å². The van der Waals surface area contributed by atoms with Gasteiger partial charge < -0.3 is 52.1 Å². The van der Waals surface area contributed by atoms with Gasteiger partial charge in [0.2, 0.25) is 0 Å². The molecule has 2 heterocycles. The van der Waals surface area contributed by atoms with E-state index in [-0.39, 0.29) is 52.9 Å². The van der Waals surface area contributed by atoms with Crippen molar-refractivity contribution in [1.82, 2.24) is 0 Å². The maximum atomic E-state index is 7.09. The molecule has 0 spiro atoms. The minimum Gasteiger partial charge on any atom is -0.374 e. The van der Waals surface area contributed by atoms with Crippen LogP contribution in [0.3, 0.4) is 0 Å². The molecule has 11 nitrogen and oxygen atoms in total. The normalized spacial score (nSPS) is 23.6. The van der Waals surface area contributed by atoms with Crippen molar-refractivity contribution in [3.63, 3.8) is 0 Å². The predicted octanol–water partition coefficient (Wildman–Crippen LogP) is 12.8. The Hall–Kier alpha value is -5.03. The number of ether oxygens (including phenoxy) is 11. The lowest BCUT2D eigenvalue weighted by Gasteiger charge is -2.48. The third-order valence-corrected chi connectivity index (χ3v) is 13.9. The first-order valence-electron chi connectivity index (χ1n) is 25.5. The Labute approximate surface area is 460 Å². The molecule has 9 rings (SSSR count). The highest BCUT2D eigenvalue weighted by Gasteiger charge is 2.52. The van der Waals surface area contributed by atoms with Crippen molar-refractivity contribution < 1.29 is 52.1 Å². The maximum Gasteiger partial charge on any atom is 0.187 e.